The molecule has 2 nitrogen and oxygen atoms in total. The molecule has 0 spiro atoms. The molecule has 0 aromatic heterocycles. The van der Waals surface area contributed by atoms with Crippen LogP contribution in [-0.2, 0) is 0 Å². The standard InChI is InChI=1S/C14H29NO/c1-4-5-6-8-12(2)15-13-9-7-10-14(13,3)11-16/h12-13,15-16H,4-11H2,1-3H3. The van der Waals surface area contributed by atoms with Gasteiger partial charge in [0, 0.05) is 24.1 Å². The molecule has 0 aliphatic heterocycles. The first-order valence-electron chi connectivity index (χ1n) is 6.99. The van der Waals surface area contributed by atoms with Crippen molar-refractivity contribution in [2.75, 3.05) is 6.61 Å². The number of nitrogens with one attached hydrogen (secondary N) is 1. The van der Waals surface area contributed by atoms with Crippen LogP contribution in [0.15, 0.2) is 0 Å². The SMILES string of the molecule is CCCCCC(C)NC1CCCC1(C)CO. The third-order valence-electron chi connectivity index (χ3n) is 4.17. The van der Waals surface area contributed by atoms with E-state index in [9.17, 15) is 5.11 Å². The molecule has 1 saturated carbocycles. The molecule has 1 aliphatic carbocycles. The minimum absolute atomic E-state index is 0.124. The predicted molar refractivity (Wildman–Crippen MR) is 69.6 cm³/mol. The summed E-state index contributed by atoms with van der Waals surface area (Å²) in [5.41, 5.74) is 0.124. The van der Waals surface area contributed by atoms with Gasteiger partial charge >= 0.3 is 0 Å². The summed E-state index contributed by atoms with van der Waals surface area (Å²) in [6.45, 7) is 7.08. The van der Waals surface area contributed by atoms with Crippen molar-refractivity contribution >= 4 is 0 Å². The summed E-state index contributed by atoms with van der Waals surface area (Å²) in [4.78, 5) is 0. The fourth-order valence-corrected chi connectivity index (χ4v) is 2.83. The van der Waals surface area contributed by atoms with Crippen molar-refractivity contribution in [2.24, 2.45) is 5.41 Å². The van der Waals surface area contributed by atoms with E-state index < -0.39 is 0 Å². The molecule has 96 valence electrons. The smallest absolute Gasteiger partial charge is 0.0499 e. The van der Waals surface area contributed by atoms with Crippen LogP contribution in [0, 0.1) is 5.41 Å². The normalized spacial score (nSPS) is 31.9. The van der Waals surface area contributed by atoms with E-state index in [0.29, 0.717) is 18.7 Å². The van der Waals surface area contributed by atoms with Crippen molar-refractivity contribution in [1.82, 2.24) is 5.32 Å². The quantitative estimate of drug-likeness (QED) is 0.655. The first kappa shape index (κ1) is 14.0. The second-order valence-electron chi connectivity index (χ2n) is 5.82. The van der Waals surface area contributed by atoms with Gasteiger partial charge in [0.15, 0.2) is 0 Å². The van der Waals surface area contributed by atoms with Gasteiger partial charge in [-0.15, -0.1) is 0 Å². The molecule has 0 amide bonds. The largest absolute Gasteiger partial charge is 0.396 e. The van der Waals surface area contributed by atoms with E-state index in [2.05, 4.69) is 26.1 Å². The highest BCUT2D eigenvalue weighted by atomic mass is 16.3. The summed E-state index contributed by atoms with van der Waals surface area (Å²) in [5.74, 6) is 0. The van der Waals surface area contributed by atoms with Crippen LogP contribution in [0.5, 0.6) is 0 Å². The first-order chi connectivity index (χ1) is 7.62. The van der Waals surface area contributed by atoms with Crippen LogP contribution in [-0.4, -0.2) is 23.8 Å². The molecule has 1 rings (SSSR count). The lowest BCUT2D eigenvalue weighted by molar-refractivity contribution is 0.113. The van der Waals surface area contributed by atoms with Crippen LogP contribution in [0.1, 0.15) is 65.7 Å². The summed E-state index contributed by atoms with van der Waals surface area (Å²) >= 11 is 0. The Morgan fingerprint density at radius 1 is 1.44 bits per heavy atom. The number of aliphatic hydroxyl groups excluding tert-OH is 1. The maximum absolute atomic E-state index is 9.48. The Morgan fingerprint density at radius 2 is 2.19 bits per heavy atom. The minimum atomic E-state index is 0.124. The highest BCUT2D eigenvalue weighted by Gasteiger charge is 2.38. The third-order valence-corrected chi connectivity index (χ3v) is 4.17. The van der Waals surface area contributed by atoms with Gasteiger partial charge in [-0.3, -0.25) is 0 Å². The number of hydrogen-bond acceptors (Lipinski definition) is 2. The molecular formula is C14H29NO. The average molecular weight is 227 g/mol. The van der Waals surface area contributed by atoms with Gasteiger partial charge < -0.3 is 10.4 Å². The summed E-state index contributed by atoms with van der Waals surface area (Å²) in [6.07, 6.45) is 8.89. The van der Waals surface area contributed by atoms with Crippen molar-refractivity contribution in [3.63, 3.8) is 0 Å². The Bertz CT molecular complexity index is 195. The van der Waals surface area contributed by atoms with Crippen LogP contribution < -0.4 is 5.32 Å². The number of hydrogen-bond donors (Lipinski definition) is 2. The highest BCUT2D eigenvalue weighted by molar-refractivity contribution is 4.93. The van der Waals surface area contributed by atoms with Gasteiger partial charge in [-0.2, -0.15) is 0 Å². The van der Waals surface area contributed by atoms with Crippen molar-refractivity contribution in [3.8, 4) is 0 Å². The Balaban J connectivity index is 2.29. The van der Waals surface area contributed by atoms with Crippen molar-refractivity contribution in [1.29, 1.82) is 0 Å². The highest BCUT2D eigenvalue weighted by Crippen LogP contribution is 2.37. The topological polar surface area (TPSA) is 32.3 Å². The van der Waals surface area contributed by atoms with E-state index in [1.165, 1.54) is 44.9 Å². The van der Waals surface area contributed by atoms with Crippen LogP contribution in [0.3, 0.4) is 0 Å². The zero-order valence-electron chi connectivity index (χ0n) is 11.3. The molecule has 1 aliphatic rings. The van der Waals surface area contributed by atoms with Gasteiger partial charge in [0.1, 0.15) is 0 Å². The summed E-state index contributed by atoms with van der Waals surface area (Å²) in [6, 6.07) is 1.12. The maximum atomic E-state index is 9.48. The van der Waals surface area contributed by atoms with Gasteiger partial charge in [-0.25, -0.2) is 0 Å². The van der Waals surface area contributed by atoms with Crippen molar-refractivity contribution in [3.05, 3.63) is 0 Å². The van der Waals surface area contributed by atoms with Gasteiger partial charge in [0.25, 0.3) is 0 Å². The predicted octanol–water partition coefficient (Wildman–Crippen LogP) is 3.10. The fraction of sp³-hybridized carbons (Fsp3) is 1.00. The summed E-state index contributed by atoms with van der Waals surface area (Å²) in [5, 5.41) is 13.2. The Morgan fingerprint density at radius 3 is 2.81 bits per heavy atom. The van der Waals surface area contributed by atoms with Crippen LogP contribution in [0.2, 0.25) is 0 Å². The van der Waals surface area contributed by atoms with E-state index in [-0.39, 0.29) is 5.41 Å². The second kappa shape index (κ2) is 6.61. The van der Waals surface area contributed by atoms with Gasteiger partial charge in [0.05, 0.1) is 0 Å². The third kappa shape index (κ3) is 3.74. The molecule has 0 aromatic carbocycles. The van der Waals surface area contributed by atoms with Crippen molar-refractivity contribution in [2.45, 2.75) is 77.8 Å². The molecule has 2 N–H and O–H groups in total. The fourth-order valence-electron chi connectivity index (χ4n) is 2.83. The number of rotatable bonds is 7. The van der Waals surface area contributed by atoms with Crippen molar-refractivity contribution < 1.29 is 5.11 Å². The molecule has 16 heavy (non-hydrogen) atoms. The van der Waals surface area contributed by atoms with Gasteiger partial charge in [-0.05, 0) is 26.2 Å². The number of aliphatic hydroxyl groups is 1. The first-order valence-corrected chi connectivity index (χ1v) is 6.99. The minimum Gasteiger partial charge on any atom is -0.396 e. The van der Waals surface area contributed by atoms with E-state index >= 15 is 0 Å². The molecular weight excluding hydrogens is 198 g/mol. The van der Waals surface area contributed by atoms with Crippen LogP contribution in [0.25, 0.3) is 0 Å². The Labute approximate surface area is 101 Å². The zero-order valence-corrected chi connectivity index (χ0v) is 11.3. The lowest BCUT2D eigenvalue weighted by atomic mass is 9.85. The summed E-state index contributed by atoms with van der Waals surface area (Å²) in [7, 11) is 0. The Hall–Kier alpha value is -0.0800. The lowest BCUT2D eigenvalue weighted by Crippen LogP contribution is -2.45. The second-order valence-corrected chi connectivity index (χ2v) is 5.82. The maximum Gasteiger partial charge on any atom is 0.0499 e. The molecule has 0 radical (unpaired) electrons. The van der Waals surface area contributed by atoms with Gasteiger partial charge in [0.2, 0.25) is 0 Å². The van der Waals surface area contributed by atoms with Crippen LogP contribution in [0.4, 0.5) is 0 Å². The molecule has 3 atom stereocenters. The molecule has 0 bridgehead atoms. The van der Waals surface area contributed by atoms with E-state index in [0.717, 1.165) is 0 Å². The molecule has 2 heteroatoms. The molecule has 0 aromatic rings. The van der Waals surface area contributed by atoms with E-state index in [1.54, 1.807) is 0 Å². The number of unbranched alkanes of at least 4 members (excludes halogenated alkanes) is 2. The summed E-state index contributed by atoms with van der Waals surface area (Å²) < 4.78 is 0. The molecule has 0 heterocycles. The monoisotopic (exact) mass is 227 g/mol. The zero-order chi connectivity index (χ0) is 12.0. The van der Waals surface area contributed by atoms with E-state index in [1.807, 2.05) is 0 Å². The Kier molecular flexibility index (Phi) is 5.77. The molecule has 3 unspecified atom stereocenters. The lowest BCUT2D eigenvalue weighted by Gasteiger charge is -2.32. The molecule has 0 saturated heterocycles. The van der Waals surface area contributed by atoms with Crippen LogP contribution >= 0.6 is 0 Å². The van der Waals surface area contributed by atoms with E-state index in [4.69, 9.17) is 0 Å². The van der Waals surface area contributed by atoms with Gasteiger partial charge in [-0.1, -0.05) is 39.5 Å². The molecule has 1 fully saturated rings. The average Bonchev–Trinajstić information content (AvgIpc) is 2.62.